The van der Waals surface area contributed by atoms with Gasteiger partial charge in [0.15, 0.2) is 12.5 Å². The molecule has 2 atom stereocenters. The van der Waals surface area contributed by atoms with Gasteiger partial charge < -0.3 is 4.74 Å². The van der Waals surface area contributed by atoms with Gasteiger partial charge in [-0.2, -0.15) is 0 Å². The van der Waals surface area contributed by atoms with Crippen LogP contribution in [0.5, 0.6) is 0 Å². The Labute approximate surface area is 56.3 Å². The molecule has 0 aromatic heterocycles. The lowest BCUT2D eigenvalue weighted by Gasteiger charge is -1.83. The van der Waals surface area contributed by atoms with Crippen LogP contribution in [0.1, 0.15) is 0 Å². The van der Waals surface area contributed by atoms with Gasteiger partial charge in [0.2, 0.25) is 0 Å². The van der Waals surface area contributed by atoms with Crippen LogP contribution in [-0.2, 0) is 4.74 Å². The van der Waals surface area contributed by atoms with Gasteiger partial charge >= 0.3 is 0 Å². The van der Waals surface area contributed by atoms with Crippen LogP contribution in [0.25, 0.3) is 0 Å². The second kappa shape index (κ2) is 2.25. The van der Waals surface area contributed by atoms with Crippen molar-refractivity contribution in [2.24, 2.45) is 0 Å². The summed E-state index contributed by atoms with van der Waals surface area (Å²) in [7, 11) is 1.87. The molecule has 4 heteroatoms. The summed E-state index contributed by atoms with van der Waals surface area (Å²) in [6, 6.07) is 0. The van der Waals surface area contributed by atoms with Crippen molar-refractivity contribution in [2.45, 2.75) is 12.5 Å². The molecule has 1 saturated heterocycles. The summed E-state index contributed by atoms with van der Waals surface area (Å²) in [5, 5.41) is 2.95. The van der Waals surface area contributed by atoms with E-state index in [1.165, 1.54) is 0 Å². The monoisotopic (exact) mass is 214 g/mol. The van der Waals surface area contributed by atoms with Crippen LogP contribution in [-0.4, -0.2) is 19.5 Å². The van der Waals surface area contributed by atoms with Gasteiger partial charge in [0.05, 0.1) is 0 Å². The molecule has 1 aliphatic rings. The highest BCUT2D eigenvalue weighted by Crippen LogP contribution is 2.15. The van der Waals surface area contributed by atoms with Crippen LogP contribution >= 0.6 is 22.9 Å². The zero-order valence-electron chi connectivity index (χ0n) is 3.94. The molecule has 0 saturated carbocycles. The van der Waals surface area contributed by atoms with E-state index in [9.17, 15) is 0 Å². The maximum atomic E-state index is 4.99. The third-order valence-electron chi connectivity index (χ3n) is 0.884. The molecule has 3 nitrogen and oxygen atoms in total. The fraction of sp³-hybridized carbons (Fsp3) is 1.00. The highest BCUT2D eigenvalue weighted by molar-refractivity contribution is 14.1. The molecule has 0 aliphatic carbocycles. The van der Waals surface area contributed by atoms with Crippen LogP contribution in [0, 0.1) is 0 Å². The molecule has 42 valence electrons. The van der Waals surface area contributed by atoms with E-state index in [0.717, 1.165) is 0 Å². The summed E-state index contributed by atoms with van der Waals surface area (Å²) in [6.45, 7) is 0. The van der Waals surface area contributed by atoms with Gasteiger partial charge in [-0.1, -0.05) is 0 Å². The topological polar surface area (TPSA) is 36.6 Å². The SMILES string of the molecule is CNC1OC1NI. The van der Waals surface area contributed by atoms with Crippen LogP contribution in [0.2, 0.25) is 0 Å². The summed E-state index contributed by atoms with van der Waals surface area (Å²) in [4.78, 5) is 0. The molecule has 2 unspecified atom stereocenters. The lowest BCUT2D eigenvalue weighted by Crippen LogP contribution is -2.17. The summed E-state index contributed by atoms with van der Waals surface area (Å²) < 4.78 is 7.91. The Bertz CT molecular complexity index is 62.0. The zero-order chi connectivity index (χ0) is 5.28. The molecule has 0 bridgehead atoms. The highest BCUT2D eigenvalue weighted by atomic mass is 127. The minimum absolute atomic E-state index is 0.241. The Hall–Kier alpha value is 0.610. The average Bonchev–Trinajstić information content (AvgIpc) is 2.43. The Morgan fingerprint density at radius 3 is 2.43 bits per heavy atom. The second-order valence-electron chi connectivity index (χ2n) is 1.38. The lowest BCUT2D eigenvalue weighted by molar-refractivity contribution is 0.353. The van der Waals surface area contributed by atoms with E-state index in [0.29, 0.717) is 0 Å². The molecule has 0 amide bonds. The summed E-state index contributed by atoms with van der Waals surface area (Å²) in [6.07, 6.45) is 0.488. The summed E-state index contributed by atoms with van der Waals surface area (Å²) in [5.41, 5.74) is 0. The fourth-order valence-electron chi connectivity index (χ4n) is 0.415. The summed E-state index contributed by atoms with van der Waals surface area (Å²) >= 11 is 2.06. The molecule has 2 N–H and O–H groups in total. The first-order valence-corrected chi connectivity index (χ1v) is 3.15. The number of epoxide rings is 1. The predicted molar refractivity (Wildman–Crippen MR) is 34.9 cm³/mol. The number of likely N-dealkylation sites (N-methyl/N-ethyl adjacent to an activating group) is 1. The van der Waals surface area contributed by atoms with E-state index in [1.54, 1.807) is 0 Å². The number of ether oxygens (including phenoxy) is 1. The van der Waals surface area contributed by atoms with Crippen molar-refractivity contribution in [1.29, 1.82) is 0 Å². The van der Waals surface area contributed by atoms with Crippen molar-refractivity contribution in [2.75, 3.05) is 7.05 Å². The van der Waals surface area contributed by atoms with Gasteiger partial charge in [0.25, 0.3) is 0 Å². The number of rotatable bonds is 2. The number of hydrogen-bond donors (Lipinski definition) is 2. The Morgan fingerprint density at radius 2 is 2.29 bits per heavy atom. The molecule has 0 radical (unpaired) electrons. The molecule has 1 fully saturated rings. The quantitative estimate of drug-likeness (QED) is 0.380. The normalized spacial score (nSPS) is 38.6. The maximum absolute atomic E-state index is 4.99. The van der Waals surface area contributed by atoms with Crippen molar-refractivity contribution in [3.05, 3.63) is 0 Å². The van der Waals surface area contributed by atoms with Gasteiger partial charge in [0.1, 0.15) is 0 Å². The number of nitrogens with one attached hydrogen (secondary N) is 2. The molecule has 7 heavy (non-hydrogen) atoms. The van der Waals surface area contributed by atoms with E-state index in [2.05, 4.69) is 31.7 Å². The average molecular weight is 214 g/mol. The van der Waals surface area contributed by atoms with Crippen LogP contribution in [0.4, 0.5) is 0 Å². The third-order valence-corrected chi connectivity index (χ3v) is 1.50. The third kappa shape index (κ3) is 1.25. The zero-order valence-corrected chi connectivity index (χ0v) is 6.10. The van der Waals surface area contributed by atoms with E-state index in [4.69, 9.17) is 4.74 Å². The first-order valence-electron chi connectivity index (χ1n) is 2.07. The van der Waals surface area contributed by atoms with E-state index in [-0.39, 0.29) is 12.5 Å². The fourth-order valence-corrected chi connectivity index (χ4v) is 0.888. The van der Waals surface area contributed by atoms with Gasteiger partial charge in [-0.25, -0.2) is 3.53 Å². The lowest BCUT2D eigenvalue weighted by atomic mass is 10.7. The van der Waals surface area contributed by atoms with Crippen LogP contribution < -0.4 is 8.85 Å². The Kier molecular flexibility index (Phi) is 1.85. The minimum atomic E-state index is 0.241. The molecule has 1 rings (SSSR count). The maximum Gasteiger partial charge on any atom is 0.158 e. The van der Waals surface area contributed by atoms with Gasteiger partial charge in [0, 0.05) is 22.9 Å². The number of hydrogen-bond acceptors (Lipinski definition) is 3. The van der Waals surface area contributed by atoms with E-state index < -0.39 is 0 Å². The molecule has 0 aromatic carbocycles. The van der Waals surface area contributed by atoms with Gasteiger partial charge in [-0.05, 0) is 7.05 Å². The Balaban J connectivity index is 2.06. The van der Waals surface area contributed by atoms with Crippen LogP contribution in [0.3, 0.4) is 0 Å². The molecule has 1 heterocycles. The standard InChI is InChI=1S/C3H7IN2O/c1-5-2-3(6-4)7-2/h2-3,5-6H,1H3. The molecule has 0 aromatic rings. The predicted octanol–water partition coefficient (Wildman–Crippen LogP) is -0.172. The molecular formula is C3H7IN2O. The van der Waals surface area contributed by atoms with E-state index in [1.807, 2.05) is 7.05 Å². The first-order chi connectivity index (χ1) is 3.38. The molecule has 0 spiro atoms. The van der Waals surface area contributed by atoms with Gasteiger partial charge in [-0.15, -0.1) is 0 Å². The largest absolute Gasteiger partial charge is 0.336 e. The first kappa shape index (κ1) is 5.74. The van der Waals surface area contributed by atoms with Crippen molar-refractivity contribution < 1.29 is 4.74 Å². The Morgan fingerprint density at radius 1 is 1.57 bits per heavy atom. The van der Waals surface area contributed by atoms with Crippen molar-refractivity contribution >= 4 is 22.9 Å². The van der Waals surface area contributed by atoms with Gasteiger partial charge in [-0.3, -0.25) is 5.32 Å². The second-order valence-corrected chi connectivity index (χ2v) is 2.00. The van der Waals surface area contributed by atoms with Crippen molar-refractivity contribution in [3.63, 3.8) is 0 Å². The van der Waals surface area contributed by atoms with Crippen LogP contribution in [0.15, 0.2) is 0 Å². The smallest absolute Gasteiger partial charge is 0.158 e. The van der Waals surface area contributed by atoms with Crippen molar-refractivity contribution in [1.82, 2.24) is 8.85 Å². The summed E-state index contributed by atoms with van der Waals surface area (Å²) in [5.74, 6) is 0. The van der Waals surface area contributed by atoms with Crippen molar-refractivity contribution in [3.8, 4) is 0 Å². The highest BCUT2D eigenvalue weighted by Gasteiger charge is 2.36. The molecular weight excluding hydrogens is 207 g/mol. The minimum Gasteiger partial charge on any atom is -0.336 e. The molecule has 1 aliphatic heterocycles. The number of halogens is 1. The van der Waals surface area contributed by atoms with E-state index >= 15 is 0 Å².